The highest BCUT2D eigenvalue weighted by molar-refractivity contribution is 4.49. The van der Waals surface area contributed by atoms with E-state index in [2.05, 4.69) is 12.2 Å². The van der Waals surface area contributed by atoms with Crippen LogP contribution in [-0.4, -0.2) is 19.7 Å². The van der Waals surface area contributed by atoms with Gasteiger partial charge >= 0.3 is 0 Å². The van der Waals surface area contributed by atoms with E-state index in [4.69, 9.17) is 0 Å². The van der Waals surface area contributed by atoms with E-state index in [-0.39, 0.29) is 6.61 Å². The Kier molecular flexibility index (Phi) is 11.8. The van der Waals surface area contributed by atoms with Crippen LogP contribution < -0.4 is 5.32 Å². The molecular formula is C11H24NO. The summed E-state index contributed by atoms with van der Waals surface area (Å²) in [5.41, 5.74) is 0. The third-order valence-electron chi connectivity index (χ3n) is 2.20. The molecule has 79 valence electrons. The van der Waals surface area contributed by atoms with E-state index in [1.54, 1.807) is 0 Å². The van der Waals surface area contributed by atoms with Gasteiger partial charge in [0, 0.05) is 0 Å². The molecule has 0 aliphatic carbocycles. The molecule has 0 bridgehead atoms. The van der Waals surface area contributed by atoms with Gasteiger partial charge in [0.25, 0.3) is 0 Å². The van der Waals surface area contributed by atoms with Gasteiger partial charge in [0.1, 0.15) is 0 Å². The second-order valence-electron chi connectivity index (χ2n) is 3.58. The summed E-state index contributed by atoms with van der Waals surface area (Å²) in [4.78, 5) is 0. The Bertz CT molecular complexity index is 76.2. The highest BCUT2D eigenvalue weighted by Crippen LogP contribution is 1.97. The lowest BCUT2D eigenvalue weighted by Crippen LogP contribution is -2.16. The normalized spacial score (nSPS) is 10.6. The summed E-state index contributed by atoms with van der Waals surface area (Å²) in [6, 6.07) is 0. The molecular weight excluding hydrogens is 162 g/mol. The fraction of sp³-hybridized carbons (Fsp3) is 1.00. The number of rotatable bonds is 10. The van der Waals surface area contributed by atoms with Crippen molar-refractivity contribution in [2.45, 2.75) is 51.9 Å². The number of nitrogens with one attached hydrogen (secondary N) is 1. The smallest absolute Gasteiger partial charge is 0.0822 e. The predicted molar refractivity (Wildman–Crippen MR) is 56.4 cm³/mol. The van der Waals surface area contributed by atoms with Gasteiger partial charge in [-0.15, -0.1) is 0 Å². The summed E-state index contributed by atoms with van der Waals surface area (Å²) in [6.45, 7) is 4.57. The van der Waals surface area contributed by atoms with Crippen molar-refractivity contribution in [1.82, 2.24) is 5.32 Å². The topological polar surface area (TPSA) is 31.9 Å². The van der Waals surface area contributed by atoms with Crippen LogP contribution in [0.4, 0.5) is 0 Å². The summed E-state index contributed by atoms with van der Waals surface area (Å²) in [6.07, 6.45) is 8.42. The molecule has 1 N–H and O–H groups in total. The number of unbranched alkanes of at least 4 members (excludes halogenated alkanes) is 5. The van der Waals surface area contributed by atoms with Gasteiger partial charge in [-0.1, -0.05) is 26.2 Å². The van der Waals surface area contributed by atoms with E-state index in [9.17, 15) is 5.11 Å². The minimum absolute atomic E-state index is 0.0938. The molecule has 0 atom stereocenters. The first-order valence-corrected chi connectivity index (χ1v) is 5.70. The average Bonchev–Trinajstić information content (AvgIpc) is 2.16. The monoisotopic (exact) mass is 186 g/mol. The van der Waals surface area contributed by atoms with Crippen molar-refractivity contribution in [3.8, 4) is 0 Å². The lowest BCUT2D eigenvalue weighted by Gasteiger charge is -2.03. The molecule has 0 aromatic carbocycles. The van der Waals surface area contributed by atoms with Crippen LogP contribution in [0.25, 0.3) is 0 Å². The van der Waals surface area contributed by atoms with E-state index >= 15 is 0 Å². The van der Waals surface area contributed by atoms with Crippen molar-refractivity contribution in [3.05, 3.63) is 0 Å². The van der Waals surface area contributed by atoms with Crippen LogP contribution in [0.2, 0.25) is 0 Å². The fourth-order valence-corrected chi connectivity index (χ4v) is 1.33. The molecule has 0 spiro atoms. The molecule has 0 saturated heterocycles. The Labute approximate surface area is 82.7 Å². The Hall–Kier alpha value is -0.0800. The number of hydrogen-bond donors (Lipinski definition) is 1. The highest BCUT2D eigenvalue weighted by atomic mass is 16.2. The first-order valence-electron chi connectivity index (χ1n) is 5.70. The Morgan fingerprint density at radius 1 is 0.846 bits per heavy atom. The van der Waals surface area contributed by atoms with Gasteiger partial charge in [-0.3, -0.25) is 0 Å². The quantitative estimate of drug-likeness (QED) is 0.523. The van der Waals surface area contributed by atoms with Gasteiger partial charge in [-0.25, -0.2) is 5.11 Å². The minimum atomic E-state index is 0.0938. The van der Waals surface area contributed by atoms with Crippen LogP contribution in [0, 0.1) is 0 Å². The van der Waals surface area contributed by atoms with Crippen molar-refractivity contribution in [3.63, 3.8) is 0 Å². The molecule has 0 aliphatic rings. The van der Waals surface area contributed by atoms with Crippen LogP contribution in [-0.2, 0) is 5.11 Å². The Morgan fingerprint density at radius 2 is 1.46 bits per heavy atom. The molecule has 0 aromatic heterocycles. The van der Waals surface area contributed by atoms with Crippen molar-refractivity contribution in [1.29, 1.82) is 0 Å². The second-order valence-corrected chi connectivity index (χ2v) is 3.58. The van der Waals surface area contributed by atoms with Crippen LogP contribution in [0.3, 0.4) is 0 Å². The fourth-order valence-electron chi connectivity index (χ4n) is 1.33. The molecule has 0 aliphatic heterocycles. The second kappa shape index (κ2) is 11.9. The number of hydrogen-bond acceptors (Lipinski definition) is 1. The van der Waals surface area contributed by atoms with E-state index < -0.39 is 0 Å². The van der Waals surface area contributed by atoms with Gasteiger partial charge in [0.2, 0.25) is 0 Å². The summed E-state index contributed by atoms with van der Waals surface area (Å²) >= 11 is 0. The van der Waals surface area contributed by atoms with Gasteiger partial charge in [0.15, 0.2) is 0 Å². The third-order valence-corrected chi connectivity index (χ3v) is 2.20. The van der Waals surface area contributed by atoms with E-state index in [0.29, 0.717) is 0 Å². The van der Waals surface area contributed by atoms with Crippen molar-refractivity contribution < 1.29 is 5.11 Å². The van der Waals surface area contributed by atoms with Crippen LogP contribution in [0.5, 0.6) is 0 Å². The average molecular weight is 186 g/mol. The predicted octanol–water partition coefficient (Wildman–Crippen LogP) is 2.76. The Morgan fingerprint density at radius 3 is 2.00 bits per heavy atom. The molecule has 2 nitrogen and oxygen atoms in total. The summed E-state index contributed by atoms with van der Waals surface area (Å²) in [7, 11) is 0. The first-order chi connectivity index (χ1) is 6.41. The summed E-state index contributed by atoms with van der Waals surface area (Å²) < 4.78 is 0. The lowest BCUT2D eigenvalue weighted by molar-refractivity contribution is 0.186. The molecule has 0 saturated carbocycles. The van der Waals surface area contributed by atoms with E-state index in [0.717, 1.165) is 32.4 Å². The molecule has 0 heterocycles. The van der Waals surface area contributed by atoms with E-state index in [1.807, 2.05) is 0 Å². The van der Waals surface area contributed by atoms with Crippen molar-refractivity contribution >= 4 is 0 Å². The maximum atomic E-state index is 10.1. The zero-order valence-corrected chi connectivity index (χ0v) is 8.98. The molecule has 1 radical (unpaired) electrons. The highest BCUT2D eigenvalue weighted by Gasteiger charge is 1.89. The Balaban J connectivity index is 2.76. The van der Waals surface area contributed by atoms with Crippen LogP contribution >= 0.6 is 0 Å². The molecule has 13 heavy (non-hydrogen) atoms. The SMILES string of the molecule is CCCCCCNCCCCC[O]. The van der Waals surface area contributed by atoms with Crippen molar-refractivity contribution in [2.24, 2.45) is 0 Å². The van der Waals surface area contributed by atoms with Gasteiger partial charge < -0.3 is 5.32 Å². The molecule has 2 heteroatoms. The van der Waals surface area contributed by atoms with Gasteiger partial charge in [0.05, 0.1) is 6.61 Å². The minimum Gasteiger partial charge on any atom is -0.317 e. The maximum absolute atomic E-state index is 10.1. The van der Waals surface area contributed by atoms with E-state index in [1.165, 1.54) is 25.7 Å². The van der Waals surface area contributed by atoms with Crippen molar-refractivity contribution in [2.75, 3.05) is 19.7 Å². The van der Waals surface area contributed by atoms with Crippen LogP contribution in [0.15, 0.2) is 0 Å². The van der Waals surface area contributed by atoms with Gasteiger partial charge in [-0.05, 0) is 38.8 Å². The van der Waals surface area contributed by atoms with Gasteiger partial charge in [-0.2, -0.15) is 0 Å². The summed E-state index contributed by atoms with van der Waals surface area (Å²) in [5, 5.41) is 13.5. The molecule has 0 aromatic rings. The zero-order valence-electron chi connectivity index (χ0n) is 8.98. The molecule has 0 rings (SSSR count). The summed E-state index contributed by atoms with van der Waals surface area (Å²) in [5.74, 6) is 0. The van der Waals surface area contributed by atoms with Crippen LogP contribution in [0.1, 0.15) is 51.9 Å². The molecule has 0 unspecified atom stereocenters. The lowest BCUT2D eigenvalue weighted by atomic mass is 10.2. The third kappa shape index (κ3) is 11.9. The maximum Gasteiger partial charge on any atom is 0.0822 e. The molecule has 0 amide bonds. The first kappa shape index (κ1) is 12.9. The standard InChI is InChI=1S/C11H24NO/c1-2-3-4-6-9-12-10-7-5-8-11-13/h12H,2-11H2,1H3. The zero-order chi connectivity index (χ0) is 9.78. The largest absolute Gasteiger partial charge is 0.317 e. The molecule has 0 fully saturated rings.